The molecule has 2 heterocycles. The molecule has 1 aliphatic heterocycles. The Balaban J connectivity index is 1.49. The van der Waals surface area contributed by atoms with Crippen LogP contribution in [0.5, 0.6) is 5.75 Å². The van der Waals surface area contributed by atoms with Crippen LogP contribution in [0.4, 0.5) is 5.69 Å². The standard InChI is InChI=1S/C21H21BrN4O2/c1-28-19-8-3-2-7-18(19)25-9-11-26(12-10-25)21(27)17-14-23-24-20(17)15-5-4-6-16(22)13-15/h2-8,13-14H,9-12H2,1H3,(H,23,24). The molecule has 0 atom stereocenters. The van der Waals surface area contributed by atoms with Gasteiger partial charge in [0.2, 0.25) is 0 Å². The zero-order chi connectivity index (χ0) is 19.5. The Bertz CT molecular complexity index is 980. The number of anilines is 1. The number of hydrogen-bond acceptors (Lipinski definition) is 4. The number of nitrogens with zero attached hydrogens (tertiary/aromatic N) is 3. The van der Waals surface area contributed by atoms with Gasteiger partial charge in [-0.05, 0) is 24.3 Å². The summed E-state index contributed by atoms with van der Waals surface area (Å²) in [5.74, 6) is 0.859. The number of carbonyl (C=O) groups excluding carboxylic acids is 1. The molecule has 4 rings (SSSR count). The van der Waals surface area contributed by atoms with E-state index in [0.717, 1.165) is 40.3 Å². The lowest BCUT2D eigenvalue weighted by atomic mass is 10.1. The first-order valence-corrected chi connectivity index (χ1v) is 9.93. The molecule has 144 valence electrons. The van der Waals surface area contributed by atoms with Crippen LogP contribution in [-0.4, -0.2) is 54.3 Å². The Morgan fingerprint density at radius 1 is 1.11 bits per heavy atom. The molecule has 1 aromatic heterocycles. The first-order valence-electron chi connectivity index (χ1n) is 9.14. The van der Waals surface area contributed by atoms with Gasteiger partial charge in [-0.25, -0.2) is 0 Å². The summed E-state index contributed by atoms with van der Waals surface area (Å²) in [6.07, 6.45) is 1.62. The number of rotatable bonds is 4. The Hall–Kier alpha value is -2.80. The van der Waals surface area contributed by atoms with Crippen molar-refractivity contribution in [2.45, 2.75) is 0 Å². The number of nitrogens with one attached hydrogen (secondary N) is 1. The minimum absolute atomic E-state index is 0.00315. The highest BCUT2D eigenvalue weighted by Crippen LogP contribution is 2.29. The molecular weight excluding hydrogens is 420 g/mol. The van der Waals surface area contributed by atoms with Gasteiger partial charge >= 0.3 is 0 Å². The van der Waals surface area contributed by atoms with Crippen LogP contribution in [-0.2, 0) is 0 Å². The number of halogens is 1. The van der Waals surface area contributed by atoms with Crippen LogP contribution in [0.1, 0.15) is 10.4 Å². The molecule has 1 N–H and O–H groups in total. The fourth-order valence-electron chi connectivity index (χ4n) is 3.52. The number of methoxy groups -OCH3 is 1. The van der Waals surface area contributed by atoms with Gasteiger partial charge in [-0.1, -0.05) is 40.2 Å². The van der Waals surface area contributed by atoms with E-state index in [4.69, 9.17) is 4.74 Å². The van der Waals surface area contributed by atoms with Gasteiger partial charge in [0.25, 0.3) is 5.91 Å². The second kappa shape index (κ2) is 8.06. The number of aromatic nitrogens is 2. The molecule has 1 saturated heterocycles. The van der Waals surface area contributed by atoms with Crippen LogP contribution in [0.3, 0.4) is 0 Å². The molecule has 1 aliphatic rings. The summed E-state index contributed by atoms with van der Waals surface area (Å²) in [7, 11) is 1.68. The maximum Gasteiger partial charge on any atom is 0.257 e. The van der Waals surface area contributed by atoms with Crippen LogP contribution in [0.25, 0.3) is 11.3 Å². The number of hydrogen-bond donors (Lipinski definition) is 1. The van der Waals surface area contributed by atoms with Crippen LogP contribution in [0.2, 0.25) is 0 Å². The Labute approximate surface area is 172 Å². The molecule has 28 heavy (non-hydrogen) atoms. The van der Waals surface area contributed by atoms with Gasteiger partial charge in [-0.3, -0.25) is 9.89 Å². The van der Waals surface area contributed by atoms with Crippen LogP contribution in [0, 0.1) is 0 Å². The predicted molar refractivity (Wildman–Crippen MR) is 113 cm³/mol. The van der Waals surface area contributed by atoms with Gasteiger partial charge in [0.1, 0.15) is 5.75 Å². The molecule has 0 unspecified atom stereocenters. The molecule has 7 heteroatoms. The Morgan fingerprint density at radius 2 is 1.89 bits per heavy atom. The van der Waals surface area contributed by atoms with Crippen molar-refractivity contribution < 1.29 is 9.53 Å². The van der Waals surface area contributed by atoms with Crippen molar-refractivity contribution in [2.24, 2.45) is 0 Å². The van der Waals surface area contributed by atoms with E-state index < -0.39 is 0 Å². The molecule has 0 spiro atoms. The van der Waals surface area contributed by atoms with Crippen molar-refractivity contribution >= 4 is 27.5 Å². The van der Waals surface area contributed by atoms with E-state index in [1.165, 1.54) is 0 Å². The molecule has 0 bridgehead atoms. The third kappa shape index (κ3) is 3.62. The molecule has 6 nitrogen and oxygen atoms in total. The maximum absolute atomic E-state index is 13.1. The fourth-order valence-corrected chi connectivity index (χ4v) is 3.92. The summed E-state index contributed by atoms with van der Waals surface area (Å²) in [5.41, 5.74) is 3.35. The first kappa shape index (κ1) is 18.6. The van der Waals surface area contributed by atoms with Gasteiger partial charge < -0.3 is 14.5 Å². The SMILES string of the molecule is COc1ccccc1N1CCN(C(=O)c2cn[nH]c2-c2cccc(Br)c2)CC1. The monoisotopic (exact) mass is 440 g/mol. The number of ether oxygens (including phenoxy) is 1. The Kier molecular flexibility index (Phi) is 5.34. The number of aromatic amines is 1. The highest BCUT2D eigenvalue weighted by atomic mass is 79.9. The molecule has 1 amide bonds. The first-order chi connectivity index (χ1) is 13.7. The van der Waals surface area contributed by atoms with Gasteiger partial charge in [-0.15, -0.1) is 0 Å². The molecule has 3 aromatic rings. The zero-order valence-corrected chi connectivity index (χ0v) is 17.1. The second-order valence-corrected chi connectivity index (χ2v) is 7.54. The lowest BCUT2D eigenvalue weighted by Crippen LogP contribution is -2.48. The maximum atomic E-state index is 13.1. The van der Waals surface area contributed by atoms with E-state index in [9.17, 15) is 4.79 Å². The van der Waals surface area contributed by atoms with Crippen LogP contribution >= 0.6 is 15.9 Å². The molecule has 2 aromatic carbocycles. The number of H-pyrrole nitrogens is 1. The number of piperazine rings is 1. The van der Waals surface area contributed by atoms with Crippen LogP contribution < -0.4 is 9.64 Å². The lowest BCUT2D eigenvalue weighted by Gasteiger charge is -2.36. The molecule has 1 fully saturated rings. The summed E-state index contributed by atoms with van der Waals surface area (Å²) >= 11 is 3.48. The summed E-state index contributed by atoms with van der Waals surface area (Å²) in [5, 5.41) is 7.09. The molecule has 0 aliphatic carbocycles. The summed E-state index contributed by atoms with van der Waals surface area (Å²) in [6, 6.07) is 15.8. The van der Waals surface area contributed by atoms with Gasteiger partial charge in [0.05, 0.1) is 30.3 Å². The number of para-hydroxylation sites is 2. The average Bonchev–Trinajstić information content (AvgIpc) is 3.23. The van der Waals surface area contributed by atoms with E-state index in [1.807, 2.05) is 47.4 Å². The Morgan fingerprint density at radius 3 is 2.64 bits per heavy atom. The summed E-state index contributed by atoms with van der Waals surface area (Å²) in [6.45, 7) is 2.83. The van der Waals surface area contributed by atoms with Crippen molar-refractivity contribution in [1.29, 1.82) is 0 Å². The summed E-state index contributed by atoms with van der Waals surface area (Å²) < 4.78 is 6.43. The van der Waals surface area contributed by atoms with Gasteiger partial charge in [0, 0.05) is 36.2 Å². The van der Waals surface area contributed by atoms with Crippen molar-refractivity contribution in [1.82, 2.24) is 15.1 Å². The van der Waals surface area contributed by atoms with E-state index >= 15 is 0 Å². The largest absolute Gasteiger partial charge is 0.495 e. The normalized spacial score (nSPS) is 14.2. The molecular formula is C21H21BrN4O2. The number of carbonyl (C=O) groups is 1. The van der Waals surface area contributed by atoms with Gasteiger partial charge in [0.15, 0.2) is 0 Å². The topological polar surface area (TPSA) is 61.5 Å². The quantitative estimate of drug-likeness (QED) is 0.669. The average molecular weight is 441 g/mol. The molecule has 0 saturated carbocycles. The van der Waals surface area contributed by atoms with Gasteiger partial charge in [-0.2, -0.15) is 5.10 Å². The van der Waals surface area contributed by atoms with E-state index in [0.29, 0.717) is 18.7 Å². The third-order valence-electron chi connectivity index (χ3n) is 4.98. The highest BCUT2D eigenvalue weighted by Gasteiger charge is 2.26. The fraction of sp³-hybridized carbons (Fsp3) is 0.238. The minimum Gasteiger partial charge on any atom is -0.495 e. The van der Waals surface area contributed by atoms with Crippen molar-refractivity contribution in [3.63, 3.8) is 0 Å². The van der Waals surface area contributed by atoms with Crippen molar-refractivity contribution in [3.8, 4) is 17.0 Å². The predicted octanol–water partition coefficient (Wildman–Crippen LogP) is 3.81. The third-order valence-corrected chi connectivity index (χ3v) is 5.47. The number of benzene rings is 2. The van der Waals surface area contributed by atoms with Crippen molar-refractivity contribution in [2.75, 3.05) is 38.2 Å². The van der Waals surface area contributed by atoms with E-state index in [2.05, 4.69) is 37.1 Å². The van der Waals surface area contributed by atoms with Crippen LogP contribution in [0.15, 0.2) is 59.2 Å². The van der Waals surface area contributed by atoms with Crippen molar-refractivity contribution in [3.05, 3.63) is 64.8 Å². The zero-order valence-electron chi connectivity index (χ0n) is 15.6. The highest BCUT2D eigenvalue weighted by molar-refractivity contribution is 9.10. The summed E-state index contributed by atoms with van der Waals surface area (Å²) in [4.78, 5) is 17.3. The smallest absolute Gasteiger partial charge is 0.257 e. The van der Waals surface area contributed by atoms with E-state index in [-0.39, 0.29) is 5.91 Å². The lowest BCUT2D eigenvalue weighted by molar-refractivity contribution is 0.0747. The second-order valence-electron chi connectivity index (χ2n) is 6.62. The van der Waals surface area contributed by atoms with E-state index in [1.54, 1.807) is 13.3 Å². The number of amides is 1. The molecule has 0 radical (unpaired) electrons. The minimum atomic E-state index is 0.00315.